The van der Waals surface area contributed by atoms with Gasteiger partial charge in [-0.1, -0.05) is 25.3 Å². The van der Waals surface area contributed by atoms with Crippen molar-refractivity contribution in [3.63, 3.8) is 0 Å². The maximum Gasteiger partial charge on any atom is 0.254 e. The van der Waals surface area contributed by atoms with Crippen LogP contribution in [0.1, 0.15) is 42.5 Å². The zero-order valence-electron chi connectivity index (χ0n) is 17.1. The van der Waals surface area contributed by atoms with Gasteiger partial charge in [0.15, 0.2) is 0 Å². The third-order valence-electron chi connectivity index (χ3n) is 5.26. The van der Waals surface area contributed by atoms with E-state index in [1.807, 2.05) is 0 Å². The highest BCUT2D eigenvalue weighted by molar-refractivity contribution is 7.89. The molecule has 0 N–H and O–H groups in total. The summed E-state index contributed by atoms with van der Waals surface area (Å²) < 4.78 is 37.8. The molecule has 1 aliphatic carbocycles. The van der Waals surface area contributed by atoms with E-state index in [0.29, 0.717) is 31.9 Å². The maximum absolute atomic E-state index is 13.1. The molecule has 1 aromatic rings. The molecule has 0 radical (unpaired) electrons. The molecule has 0 atom stereocenters. The first-order chi connectivity index (χ1) is 13.4. The molecule has 0 spiro atoms. The van der Waals surface area contributed by atoms with E-state index in [9.17, 15) is 13.2 Å². The number of benzene rings is 1. The van der Waals surface area contributed by atoms with Gasteiger partial charge in [-0.15, -0.1) is 0 Å². The van der Waals surface area contributed by atoms with Crippen LogP contribution < -0.4 is 0 Å². The number of carbonyl (C=O) groups excluding carboxylic acids is 1. The summed E-state index contributed by atoms with van der Waals surface area (Å²) in [4.78, 5) is 14.7. The fourth-order valence-electron chi connectivity index (χ4n) is 3.50. The van der Waals surface area contributed by atoms with Crippen LogP contribution >= 0.6 is 0 Å². The zero-order chi connectivity index (χ0) is 20.6. The Labute approximate surface area is 168 Å². The monoisotopic (exact) mass is 412 g/mol. The van der Waals surface area contributed by atoms with Crippen LogP contribution in [0.15, 0.2) is 29.2 Å². The minimum absolute atomic E-state index is 0.0259. The van der Waals surface area contributed by atoms with Crippen molar-refractivity contribution in [1.82, 2.24) is 9.21 Å². The van der Waals surface area contributed by atoms with Gasteiger partial charge in [-0.25, -0.2) is 8.42 Å². The smallest absolute Gasteiger partial charge is 0.254 e. The molecule has 0 saturated heterocycles. The van der Waals surface area contributed by atoms with Gasteiger partial charge in [-0.3, -0.25) is 4.79 Å². The van der Waals surface area contributed by atoms with E-state index in [-0.39, 0.29) is 16.8 Å². The summed E-state index contributed by atoms with van der Waals surface area (Å²) in [6.45, 7) is 1.63. The summed E-state index contributed by atoms with van der Waals surface area (Å²) in [6.07, 6.45) is 5.04. The number of hydrogen-bond donors (Lipinski definition) is 0. The number of rotatable bonds is 10. The Morgan fingerprint density at radius 2 is 1.68 bits per heavy atom. The molecule has 1 fully saturated rings. The van der Waals surface area contributed by atoms with Crippen molar-refractivity contribution in [2.45, 2.75) is 43.0 Å². The van der Waals surface area contributed by atoms with E-state index >= 15 is 0 Å². The first-order valence-corrected chi connectivity index (χ1v) is 11.2. The van der Waals surface area contributed by atoms with Crippen LogP contribution in [0.5, 0.6) is 0 Å². The Kier molecular flexibility index (Phi) is 8.88. The summed E-state index contributed by atoms with van der Waals surface area (Å²) in [5.74, 6) is -0.230. The molecule has 1 saturated carbocycles. The molecular formula is C20H32N2O5S. The predicted octanol–water partition coefficient (Wildman–Crippen LogP) is 2.37. The fraction of sp³-hybridized carbons (Fsp3) is 0.650. The topological polar surface area (TPSA) is 76.1 Å². The van der Waals surface area contributed by atoms with Crippen molar-refractivity contribution in [2.75, 3.05) is 47.6 Å². The first kappa shape index (κ1) is 22.8. The van der Waals surface area contributed by atoms with Gasteiger partial charge in [-0.2, -0.15) is 4.31 Å². The lowest BCUT2D eigenvalue weighted by Crippen LogP contribution is -2.38. The maximum atomic E-state index is 13.1. The number of amides is 1. The van der Waals surface area contributed by atoms with Crippen molar-refractivity contribution in [3.05, 3.63) is 29.8 Å². The van der Waals surface area contributed by atoms with Crippen molar-refractivity contribution in [2.24, 2.45) is 0 Å². The number of ether oxygens (including phenoxy) is 2. The van der Waals surface area contributed by atoms with Crippen LogP contribution in [0.3, 0.4) is 0 Å². The van der Waals surface area contributed by atoms with Crippen LogP contribution in [0.2, 0.25) is 0 Å². The molecular weight excluding hydrogens is 380 g/mol. The van der Waals surface area contributed by atoms with Crippen LogP contribution in [-0.2, 0) is 19.5 Å². The van der Waals surface area contributed by atoms with E-state index in [0.717, 1.165) is 32.1 Å². The highest BCUT2D eigenvalue weighted by Crippen LogP contribution is 2.27. The fourth-order valence-corrected chi connectivity index (χ4v) is 4.96. The second-order valence-corrected chi connectivity index (χ2v) is 9.12. The predicted molar refractivity (Wildman–Crippen MR) is 108 cm³/mol. The summed E-state index contributed by atoms with van der Waals surface area (Å²) in [5, 5.41) is 0. The lowest BCUT2D eigenvalue weighted by molar-refractivity contribution is 0.0627. The van der Waals surface area contributed by atoms with Gasteiger partial charge in [0.05, 0.1) is 18.1 Å². The number of methoxy groups -OCH3 is 2. The largest absolute Gasteiger partial charge is 0.383 e. The van der Waals surface area contributed by atoms with E-state index in [2.05, 4.69) is 0 Å². The quantitative estimate of drug-likeness (QED) is 0.590. The van der Waals surface area contributed by atoms with E-state index in [4.69, 9.17) is 9.47 Å². The van der Waals surface area contributed by atoms with Gasteiger partial charge in [-0.05, 0) is 31.0 Å². The Morgan fingerprint density at radius 3 is 2.25 bits per heavy atom. The number of nitrogens with zero attached hydrogens (tertiary/aromatic N) is 2. The molecule has 7 nitrogen and oxygen atoms in total. The van der Waals surface area contributed by atoms with Crippen LogP contribution in [0.25, 0.3) is 0 Å². The third kappa shape index (κ3) is 5.76. The minimum Gasteiger partial charge on any atom is -0.383 e. The lowest BCUT2D eigenvalue weighted by Gasteiger charge is -2.30. The number of hydrogen-bond acceptors (Lipinski definition) is 5. The van der Waals surface area contributed by atoms with E-state index < -0.39 is 10.0 Å². The molecule has 0 unspecified atom stereocenters. The van der Waals surface area contributed by atoms with Crippen molar-refractivity contribution in [1.29, 1.82) is 0 Å². The second-order valence-electron chi connectivity index (χ2n) is 7.12. The van der Waals surface area contributed by atoms with Gasteiger partial charge < -0.3 is 14.4 Å². The van der Waals surface area contributed by atoms with E-state index in [1.165, 1.54) is 10.4 Å². The average molecular weight is 413 g/mol. The normalized spacial score (nSPS) is 15.7. The van der Waals surface area contributed by atoms with Crippen molar-refractivity contribution >= 4 is 15.9 Å². The summed E-state index contributed by atoms with van der Waals surface area (Å²) in [7, 11) is 1.15. The Hall–Kier alpha value is -1.48. The van der Waals surface area contributed by atoms with Crippen LogP contribution in [-0.4, -0.2) is 77.1 Å². The Bertz CT molecular complexity index is 724. The van der Waals surface area contributed by atoms with Crippen molar-refractivity contribution < 1.29 is 22.7 Å². The van der Waals surface area contributed by atoms with Crippen molar-refractivity contribution in [3.8, 4) is 0 Å². The second kappa shape index (κ2) is 10.9. The van der Waals surface area contributed by atoms with Gasteiger partial charge in [0.2, 0.25) is 10.0 Å². The number of sulfonamides is 1. The van der Waals surface area contributed by atoms with Gasteiger partial charge in [0.25, 0.3) is 5.91 Å². The number of carbonyl (C=O) groups is 1. The highest BCUT2D eigenvalue weighted by Gasteiger charge is 2.29. The SMILES string of the molecule is COCCN(CCOC)C(=O)c1cccc(S(=O)(=O)N(C)C2CCCCC2)c1. The Balaban J connectivity index is 2.22. The van der Waals surface area contributed by atoms with E-state index in [1.54, 1.807) is 44.4 Å². The summed E-state index contributed by atoms with van der Waals surface area (Å²) in [6, 6.07) is 6.33. The lowest BCUT2D eigenvalue weighted by atomic mass is 9.96. The molecule has 0 heterocycles. The molecule has 0 aromatic heterocycles. The van der Waals surface area contributed by atoms with Gasteiger partial charge in [0, 0.05) is 46.0 Å². The van der Waals surface area contributed by atoms with Gasteiger partial charge in [0.1, 0.15) is 0 Å². The summed E-state index contributed by atoms with van der Waals surface area (Å²) in [5.41, 5.74) is 0.352. The first-order valence-electron chi connectivity index (χ1n) is 9.77. The molecule has 0 bridgehead atoms. The molecule has 1 aliphatic rings. The zero-order valence-corrected chi connectivity index (χ0v) is 17.9. The minimum atomic E-state index is -3.64. The molecule has 158 valence electrons. The molecule has 0 aliphatic heterocycles. The third-order valence-corrected chi connectivity index (χ3v) is 7.17. The van der Waals surface area contributed by atoms with Gasteiger partial charge >= 0.3 is 0 Å². The molecule has 1 aromatic carbocycles. The van der Waals surface area contributed by atoms with Crippen LogP contribution in [0, 0.1) is 0 Å². The standard InChI is InChI=1S/C20H32N2O5S/c1-21(18-9-5-4-6-10-18)28(24,25)19-11-7-8-17(16-19)20(23)22(12-14-26-2)13-15-27-3/h7-8,11,16,18H,4-6,9-10,12-15H2,1-3H3. The highest BCUT2D eigenvalue weighted by atomic mass is 32.2. The molecule has 2 rings (SSSR count). The average Bonchev–Trinajstić information content (AvgIpc) is 2.73. The molecule has 1 amide bonds. The molecule has 28 heavy (non-hydrogen) atoms. The van der Waals surface area contributed by atoms with Crippen LogP contribution in [0.4, 0.5) is 0 Å². The Morgan fingerprint density at radius 1 is 1.07 bits per heavy atom. The molecule has 8 heteroatoms. The summed E-state index contributed by atoms with van der Waals surface area (Å²) >= 11 is 0.